The van der Waals surface area contributed by atoms with Crippen LogP contribution in [0.5, 0.6) is 0 Å². The van der Waals surface area contributed by atoms with Crippen molar-refractivity contribution >= 4 is 236 Å². The second-order valence-electron chi connectivity index (χ2n) is 42.6. The van der Waals surface area contributed by atoms with Crippen LogP contribution in [0.3, 0.4) is 0 Å². The smallest absolute Gasteiger partial charge is 0.143 e. The van der Waals surface area contributed by atoms with Crippen LogP contribution < -0.4 is 15.6 Å². The summed E-state index contributed by atoms with van der Waals surface area (Å²) in [6.45, 7) is 21.7. The molecule has 0 unspecified atom stereocenters. The summed E-state index contributed by atoms with van der Waals surface area (Å²) in [4.78, 5) is 0. The van der Waals surface area contributed by atoms with Crippen molar-refractivity contribution in [3.63, 3.8) is 0 Å². The Bertz CT molecular complexity index is 10400. The third kappa shape index (κ3) is 14.9. The molecule has 0 amide bonds. The topological polar surface area (TPSA) is 69.0 Å². The Hall–Kier alpha value is -17.5. The molecule has 150 heavy (non-hydrogen) atoms. The molecule has 0 N–H and O–H groups in total. The van der Waals surface area contributed by atoms with E-state index in [1.165, 1.54) is 163 Å². The average Bonchev–Trinajstić information content (AvgIpc) is 1.58. The van der Waals surface area contributed by atoms with Gasteiger partial charge in [-0.2, -0.15) is 0 Å². The Morgan fingerprint density at radius 3 is 0.713 bits per heavy atom. The fourth-order valence-corrected chi connectivity index (χ4v) is 27.2. The zero-order valence-electron chi connectivity index (χ0n) is 83.2. The predicted octanol–water partition coefficient (Wildman–Crippen LogP) is 37.9. The Labute approximate surface area is 874 Å². The lowest BCUT2D eigenvalue weighted by molar-refractivity contribution is 0.669. The number of aromatic nitrogens is 6. The molecule has 30 aromatic rings. The van der Waals surface area contributed by atoms with E-state index >= 15 is 0 Å². The van der Waals surface area contributed by atoms with E-state index in [1.807, 2.05) is 36.4 Å². The Morgan fingerprint density at radius 1 is 0.160 bits per heavy atom. The minimum atomic E-state index is -1.43. The van der Waals surface area contributed by atoms with Crippen LogP contribution in [-0.2, 0) is 0 Å². The number of nitrogens with zero attached hydrogens (tertiary/aromatic N) is 6. The lowest BCUT2D eigenvalue weighted by Gasteiger charge is -2.17. The second kappa shape index (κ2) is 36.0. The zero-order chi connectivity index (χ0) is 98.6. The molecule has 9 nitrogen and oxygen atoms in total. The summed E-state index contributed by atoms with van der Waals surface area (Å²) in [6, 6.07) is 166. The van der Waals surface area contributed by atoms with Crippen molar-refractivity contribution in [2.75, 3.05) is 0 Å². The second-order valence-corrected chi connectivity index (χ2v) is 57.8. The first-order valence-electron chi connectivity index (χ1n) is 51.1. The standard InChI is InChI=1S/3C45H34N2OSi.3CH4/c1-49(2,3)32-25-23-31(24-26-32)47-39-17-8-5-13-37(39)44-41(47)28-27-40-43(44)36-12-4-7-16-38(36)46(40)30-21-19-29(20-22-30)33-14-10-15-35-34-11-6-9-18-42(34)48-45(33)35;1-49(2,3)32-25-23-31(24-26-32)47-39-16-7-4-11-34(39)36-27-28-41-43(44(36)47)38-13-5-8-17-40(38)46(41)30-21-19-29(20-22-30)33-14-10-15-37-35-12-6-9-18-42(35)48-45(33)37;1-49(2,3)32-25-23-31(24-26-32)47-41-17-8-5-12-35(41)39-27-38-34-11-4-7-16-40(34)46(42(38)28-43(39)47)30-21-19-29(20-22-30)33-14-10-15-37-36-13-6-9-18-44(36)48-45(33)37;;;/h3*4-28H,1-3H3;3*1H4. The zero-order valence-corrected chi connectivity index (χ0v) is 86.2. The van der Waals surface area contributed by atoms with E-state index in [-0.39, 0.29) is 22.3 Å². The van der Waals surface area contributed by atoms with Gasteiger partial charge >= 0.3 is 0 Å². The van der Waals surface area contributed by atoms with Gasteiger partial charge < -0.3 is 40.7 Å². The third-order valence-corrected chi connectivity index (χ3v) is 37.1. The first-order chi connectivity index (χ1) is 71.8. The highest BCUT2D eigenvalue weighted by molar-refractivity contribution is 6.89. The molecule has 0 saturated heterocycles. The average molecular weight is 1990 g/mol. The van der Waals surface area contributed by atoms with Gasteiger partial charge in [-0.1, -0.05) is 394 Å². The fourth-order valence-electron chi connectivity index (χ4n) is 23.7. The van der Waals surface area contributed by atoms with Gasteiger partial charge in [0.25, 0.3) is 0 Å². The number of hydrogen-bond acceptors (Lipinski definition) is 3. The fraction of sp³-hybridized carbons (Fsp3) is 0.0870. The van der Waals surface area contributed by atoms with Gasteiger partial charge in [0.15, 0.2) is 0 Å². The van der Waals surface area contributed by atoms with E-state index in [0.29, 0.717) is 0 Å². The van der Waals surface area contributed by atoms with Crippen LogP contribution in [0, 0.1) is 0 Å². The van der Waals surface area contributed by atoms with Crippen LogP contribution in [0.25, 0.3) is 264 Å². The van der Waals surface area contributed by atoms with Crippen molar-refractivity contribution in [1.29, 1.82) is 0 Å². The summed E-state index contributed by atoms with van der Waals surface area (Å²) in [5.74, 6) is 0. The molecule has 12 heteroatoms. The summed E-state index contributed by atoms with van der Waals surface area (Å²) in [5, 5.41) is 26.6. The highest BCUT2D eigenvalue weighted by Gasteiger charge is 2.29. The highest BCUT2D eigenvalue weighted by Crippen LogP contribution is 2.49. The molecule has 0 spiro atoms. The van der Waals surface area contributed by atoms with Crippen molar-refractivity contribution in [3.05, 3.63) is 455 Å². The quantitative estimate of drug-likeness (QED) is 0.114. The van der Waals surface area contributed by atoms with Gasteiger partial charge in [-0.3, -0.25) is 0 Å². The molecular weight excluding hydrogens is 1870 g/mol. The minimum absolute atomic E-state index is 0. The summed E-state index contributed by atoms with van der Waals surface area (Å²) in [6.07, 6.45) is 0. The summed E-state index contributed by atoms with van der Waals surface area (Å²) >= 11 is 0. The molecular formula is C138H114N6O3Si3. The third-order valence-electron chi connectivity index (χ3n) is 30.9. The van der Waals surface area contributed by atoms with Gasteiger partial charge in [0, 0.05) is 148 Å². The van der Waals surface area contributed by atoms with E-state index in [2.05, 4.69) is 505 Å². The highest BCUT2D eigenvalue weighted by atomic mass is 28.3. The summed E-state index contributed by atoms with van der Waals surface area (Å²) in [7, 11) is -4.25. The van der Waals surface area contributed by atoms with Gasteiger partial charge in [0.1, 0.15) is 33.5 Å². The molecule has 9 aromatic heterocycles. The minimum Gasteiger partial charge on any atom is -0.455 e. The van der Waals surface area contributed by atoms with Crippen molar-refractivity contribution < 1.29 is 13.3 Å². The molecule has 0 fully saturated rings. The summed E-state index contributed by atoms with van der Waals surface area (Å²) < 4.78 is 33.8. The molecule has 0 aliphatic heterocycles. The van der Waals surface area contributed by atoms with Crippen molar-refractivity contribution in [3.8, 4) is 67.5 Å². The van der Waals surface area contributed by atoms with Crippen LogP contribution in [0.2, 0.25) is 58.9 Å². The lowest BCUT2D eigenvalue weighted by Crippen LogP contribution is -2.37. The SMILES string of the molecule is C.C.C.C[Si](C)(C)c1ccc(-n2c3ccccc3c3c4c5ccccc5n(-c5ccc(-c6cccc7c6oc6ccccc67)cc5)c4ccc32)cc1.C[Si](C)(C)c1ccc(-n2c3ccccc3c3cc4c5ccccc5n(-c5ccc(-c6cccc7c6oc6ccccc67)cc5)c4cc32)cc1.C[Si](C)(C)c1ccc(-n2c3ccccc3c3ccc4c(c5ccccc5n4-c4ccc(-c5cccc6c5oc5ccccc56)cc4)c32)cc1. The maximum Gasteiger partial charge on any atom is 0.143 e. The maximum atomic E-state index is 6.39. The Balaban J connectivity index is 0.000000115. The number of para-hydroxylation sites is 12. The molecule has 0 bridgehead atoms. The largest absolute Gasteiger partial charge is 0.455 e. The number of benzene rings is 21. The molecule has 9 heterocycles. The van der Waals surface area contributed by atoms with Gasteiger partial charge in [-0.25, -0.2) is 0 Å². The van der Waals surface area contributed by atoms with Crippen LogP contribution >= 0.6 is 0 Å². The van der Waals surface area contributed by atoms with Crippen LogP contribution in [-0.4, -0.2) is 51.6 Å². The van der Waals surface area contributed by atoms with E-state index in [9.17, 15) is 0 Å². The molecule has 0 saturated carbocycles. The van der Waals surface area contributed by atoms with E-state index in [4.69, 9.17) is 13.3 Å². The van der Waals surface area contributed by atoms with Gasteiger partial charge in [-0.15, -0.1) is 0 Å². The van der Waals surface area contributed by atoms with Gasteiger partial charge in [0.2, 0.25) is 0 Å². The first-order valence-corrected chi connectivity index (χ1v) is 61.6. The molecule has 21 aromatic carbocycles. The molecule has 0 aliphatic carbocycles. The molecule has 0 atom stereocenters. The lowest BCUT2D eigenvalue weighted by atomic mass is 10.0. The van der Waals surface area contributed by atoms with Crippen LogP contribution in [0.1, 0.15) is 22.3 Å². The van der Waals surface area contributed by atoms with Crippen molar-refractivity contribution in [1.82, 2.24) is 27.4 Å². The van der Waals surface area contributed by atoms with Crippen molar-refractivity contribution in [2.45, 2.75) is 81.2 Å². The number of rotatable bonds is 12. The normalized spacial score (nSPS) is 12.1. The first kappa shape index (κ1) is 93.5. The summed E-state index contributed by atoms with van der Waals surface area (Å²) in [5.41, 5.74) is 33.9. The van der Waals surface area contributed by atoms with Gasteiger partial charge in [0.05, 0.1) is 90.4 Å². The number of fused-ring (bicyclic) bond motifs is 29. The Kier molecular flexibility index (Phi) is 22.4. The maximum absolute atomic E-state index is 6.39. The predicted molar refractivity (Wildman–Crippen MR) is 653 cm³/mol. The number of furan rings is 3. The molecule has 726 valence electrons. The molecule has 0 aliphatic rings. The molecule has 0 radical (unpaired) electrons. The van der Waals surface area contributed by atoms with E-state index in [0.717, 1.165) is 116 Å². The van der Waals surface area contributed by atoms with E-state index < -0.39 is 24.2 Å². The van der Waals surface area contributed by atoms with Crippen LogP contribution in [0.15, 0.2) is 468 Å². The van der Waals surface area contributed by atoms with Gasteiger partial charge in [-0.05, 0) is 174 Å². The van der Waals surface area contributed by atoms with E-state index in [1.54, 1.807) is 0 Å². The monoisotopic (exact) mass is 1990 g/mol. The molecule has 30 rings (SSSR count). The van der Waals surface area contributed by atoms with Crippen molar-refractivity contribution in [2.24, 2.45) is 0 Å². The van der Waals surface area contributed by atoms with Crippen LogP contribution in [0.4, 0.5) is 0 Å². The Morgan fingerprint density at radius 2 is 0.393 bits per heavy atom. The number of hydrogen-bond donors (Lipinski definition) is 0.